The molecule has 2 nitrogen and oxygen atoms in total. The first-order valence-corrected chi connectivity index (χ1v) is 10.2. The summed E-state index contributed by atoms with van der Waals surface area (Å²) >= 11 is 0. The Morgan fingerprint density at radius 1 is 0.929 bits per heavy atom. The fraction of sp³-hybridized carbons (Fsp3) is 0.440. The van der Waals surface area contributed by atoms with E-state index < -0.39 is 0 Å². The number of ether oxygens (including phenoxy) is 1. The minimum absolute atomic E-state index is 0. The largest absolute Gasteiger partial charge is 1.00 e. The molecule has 0 heterocycles. The monoisotopic (exact) mass is 489 g/mol. The van der Waals surface area contributed by atoms with E-state index in [2.05, 4.69) is 58.3 Å². The summed E-state index contributed by atoms with van der Waals surface area (Å²) in [5, 5.41) is 0. The third-order valence-electron chi connectivity index (χ3n) is 6.71. The standard InChI is InChI=1S/C25H32NO.HI/c1-25(2)21-13-12-20(24(25)16-21)18-26(3,4)17-19-10-14-23(15-11-19)27-22-8-6-5-7-9-22;/h5-12,14-15,21,24H,13,16-18H2,1-4H3;1H/q+1;/p-1/t21-,24-;/m0./s1. The number of allylic oxidation sites excluding steroid dienone is 1. The van der Waals surface area contributed by atoms with Gasteiger partial charge in [0, 0.05) is 5.56 Å². The van der Waals surface area contributed by atoms with Gasteiger partial charge in [0.25, 0.3) is 0 Å². The highest BCUT2D eigenvalue weighted by Crippen LogP contribution is 2.59. The molecular weight excluding hydrogens is 457 g/mol. The van der Waals surface area contributed by atoms with Crippen LogP contribution >= 0.6 is 0 Å². The van der Waals surface area contributed by atoms with Gasteiger partial charge < -0.3 is 33.2 Å². The Hall–Kier alpha value is -1.33. The van der Waals surface area contributed by atoms with Gasteiger partial charge in [-0.05, 0) is 72.1 Å². The molecule has 0 saturated heterocycles. The zero-order chi connectivity index (χ0) is 19.1. The average Bonchev–Trinajstić information content (AvgIpc) is 2.63. The molecule has 2 aromatic rings. The van der Waals surface area contributed by atoms with Crippen molar-refractivity contribution in [2.45, 2.75) is 33.2 Å². The highest BCUT2D eigenvalue weighted by atomic mass is 127. The van der Waals surface area contributed by atoms with Crippen LogP contribution in [-0.4, -0.2) is 25.1 Å². The first kappa shape index (κ1) is 21.4. The van der Waals surface area contributed by atoms with Crippen LogP contribution in [0.4, 0.5) is 0 Å². The van der Waals surface area contributed by atoms with E-state index in [4.69, 9.17) is 4.74 Å². The fourth-order valence-electron chi connectivity index (χ4n) is 4.99. The predicted molar refractivity (Wildman–Crippen MR) is 112 cm³/mol. The van der Waals surface area contributed by atoms with E-state index in [1.54, 1.807) is 5.57 Å². The minimum Gasteiger partial charge on any atom is -1.00 e. The summed E-state index contributed by atoms with van der Waals surface area (Å²) in [6.07, 6.45) is 5.23. The third-order valence-corrected chi connectivity index (χ3v) is 6.71. The van der Waals surface area contributed by atoms with Crippen LogP contribution in [0.1, 0.15) is 32.3 Å². The molecule has 2 aromatic carbocycles. The van der Waals surface area contributed by atoms with Crippen molar-refractivity contribution < 1.29 is 33.2 Å². The zero-order valence-electron chi connectivity index (χ0n) is 17.5. The second-order valence-corrected chi connectivity index (χ2v) is 9.63. The van der Waals surface area contributed by atoms with E-state index in [9.17, 15) is 0 Å². The molecule has 0 aliphatic heterocycles. The number of benzene rings is 2. The molecule has 2 bridgehead atoms. The number of hydrogen-bond donors (Lipinski definition) is 0. The Morgan fingerprint density at radius 3 is 2.18 bits per heavy atom. The maximum atomic E-state index is 5.91. The summed E-state index contributed by atoms with van der Waals surface area (Å²) in [5.41, 5.74) is 3.57. The number of nitrogens with zero attached hydrogens (tertiary/aromatic N) is 1. The Bertz CT molecular complexity index is 823. The van der Waals surface area contributed by atoms with Crippen LogP contribution in [0.2, 0.25) is 0 Å². The predicted octanol–water partition coefficient (Wildman–Crippen LogP) is 3.05. The van der Waals surface area contributed by atoms with E-state index in [1.807, 2.05) is 30.3 Å². The van der Waals surface area contributed by atoms with Crippen LogP contribution < -0.4 is 28.7 Å². The molecule has 2 atom stereocenters. The van der Waals surface area contributed by atoms with Crippen LogP contribution in [0.5, 0.6) is 11.5 Å². The van der Waals surface area contributed by atoms with E-state index in [1.165, 1.54) is 18.4 Å². The number of hydrogen-bond acceptors (Lipinski definition) is 1. The van der Waals surface area contributed by atoms with Crippen LogP contribution in [0.25, 0.3) is 0 Å². The van der Waals surface area contributed by atoms with Crippen molar-refractivity contribution in [2.24, 2.45) is 17.3 Å². The Kier molecular flexibility index (Phi) is 6.26. The summed E-state index contributed by atoms with van der Waals surface area (Å²) < 4.78 is 6.91. The fourth-order valence-corrected chi connectivity index (χ4v) is 4.99. The molecule has 3 aliphatic carbocycles. The molecular formula is C25H32INO. The van der Waals surface area contributed by atoms with Gasteiger partial charge in [0.1, 0.15) is 24.6 Å². The number of fused-ring (bicyclic) bond motifs is 1. The number of halogens is 1. The Morgan fingerprint density at radius 2 is 1.57 bits per heavy atom. The lowest BCUT2D eigenvalue weighted by molar-refractivity contribution is -0.899. The Labute approximate surface area is 187 Å². The zero-order valence-corrected chi connectivity index (χ0v) is 19.6. The summed E-state index contributed by atoms with van der Waals surface area (Å²) in [7, 11) is 4.71. The van der Waals surface area contributed by atoms with Gasteiger partial charge in [-0.2, -0.15) is 0 Å². The molecule has 0 radical (unpaired) electrons. The number of quaternary nitrogens is 1. The van der Waals surface area contributed by atoms with Gasteiger partial charge in [-0.25, -0.2) is 0 Å². The van der Waals surface area contributed by atoms with Gasteiger partial charge in [0.05, 0.1) is 14.1 Å². The minimum atomic E-state index is 0. The molecule has 3 aliphatic rings. The van der Waals surface area contributed by atoms with Crippen LogP contribution in [0, 0.1) is 17.3 Å². The van der Waals surface area contributed by atoms with Gasteiger partial charge in [0.2, 0.25) is 0 Å². The second kappa shape index (κ2) is 8.19. The maximum Gasteiger partial charge on any atom is 0.127 e. The van der Waals surface area contributed by atoms with Gasteiger partial charge >= 0.3 is 0 Å². The van der Waals surface area contributed by atoms with Gasteiger partial charge in [-0.1, -0.05) is 38.1 Å². The van der Waals surface area contributed by atoms with E-state index in [0.717, 1.165) is 40.9 Å². The topological polar surface area (TPSA) is 9.23 Å². The highest BCUT2D eigenvalue weighted by molar-refractivity contribution is 5.32. The molecule has 3 heteroatoms. The average molecular weight is 489 g/mol. The first-order valence-electron chi connectivity index (χ1n) is 10.2. The summed E-state index contributed by atoms with van der Waals surface area (Å²) in [6, 6.07) is 18.5. The van der Waals surface area contributed by atoms with Crippen molar-refractivity contribution in [1.29, 1.82) is 0 Å². The molecule has 0 aromatic heterocycles. The number of likely N-dealkylation sites (N-methyl/N-ethyl adjacent to an activating group) is 1. The van der Waals surface area contributed by atoms with Gasteiger partial charge in [0.15, 0.2) is 0 Å². The Balaban J connectivity index is 0.00000225. The van der Waals surface area contributed by atoms with Crippen molar-refractivity contribution >= 4 is 0 Å². The van der Waals surface area contributed by atoms with Crippen molar-refractivity contribution in [3.63, 3.8) is 0 Å². The lowest BCUT2D eigenvalue weighted by Gasteiger charge is -2.57. The molecule has 0 amide bonds. The molecule has 1 fully saturated rings. The van der Waals surface area contributed by atoms with Crippen molar-refractivity contribution in [2.75, 3.05) is 20.6 Å². The molecule has 0 spiro atoms. The van der Waals surface area contributed by atoms with Crippen molar-refractivity contribution in [3.05, 3.63) is 71.8 Å². The SMILES string of the molecule is CC1(C)[C@H]2CC=C(C[N+](C)(C)Cc3ccc(Oc4ccccc4)cc3)[C@@H]1C2.[I-]. The third kappa shape index (κ3) is 4.46. The molecule has 1 saturated carbocycles. The lowest BCUT2D eigenvalue weighted by atomic mass is 9.49. The molecule has 150 valence electrons. The molecule has 5 rings (SSSR count). The smallest absolute Gasteiger partial charge is 0.127 e. The summed E-state index contributed by atoms with van der Waals surface area (Å²) in [6.45, 7) is 7.12. The van der Waals surface area contributed by atoms with Crippen LogP contribution in [-0.2, 0) is 6.54 Å². The van der Waals surface area contributed by atoms with Crippen molar-refractivity contribution in [1.82, 2.24) is 0 Å². The number of para-hydroxylation sites is 1. The van der Waals surface area contributed by atoms with E-state index >= 15 is 0 Å². The molecule has 0 N–H and O–H groups in total. The quantitative estimate of drug-likeness (QED) is 0.345. The molecule has 28 heavy (non-hydrogen) atoms. The maximum absolute atomic E-state index is 5.91. The van der Waals surface area contributed by atoms with E-state index in [-0.39, 0.29) is 24.0 Å². The summed E-state index contributed by atoms with van der Waals surface area (Å²) in [5.74, 6) is 3.49. The van der Waals surface area contributed by atoms with Crippen LogP contribution in [0.3, 0.4) is 0 Å². The van der Waals surface area contributed by atoms with Gasteiger partial charge in [-0.3, -0.25) is 0 Å². The number of rotatable bonds is 6. The van der Waals surface area contributed by atoms with Crippen LogP contribution in [0.15, 0.2) is 66.2 Å². The van der Waals surface area contributed by atoms with Gasteiger partial charge in [-0.15, -0.1) is 0 Å². The first-order chi connectivity index (χ1) is 12.8. The second-order valence-electron chi connectivity index (χ2n) is 9.63. The molecule has 0 unspecified atom stereocenters. The summed E-state index contributed by atoms with van der Waals surface area (Å²) in [4.78, 5) is 0. The van der Waals surface area contributed by atoms with E-state index in [0.29, 0.717) is 5.41 Å². The lowest BCUT2D eigenvalue weighted by Crippen LogP contribution is -3.00. The van der Waals surface area contributed by atoms with Crippen molar-refractivity contribution in [3.8, 4) is 11.5 Å². The highest BCUT2D eigenvalue weighted by Gasteiger charge is 2.52. The normalized spacial score (nSPS) is 22.5.